The molecule has 154 valence electrons. The first kappa shape index (κ1) is 19.9. The number of amides is 2. The fourth-order valence-corrected chi connectivity index (χ4v) is 3.69. The molecule has 2 amide bonds. The largest absolute Gasteiger partial charge is 0.352 e. The molecule has 1 aliphatic rings. The highest BCUT2D eigenvalue weighted by molar-refractivity contribution is 5.89. The van der Waals surface area contributed by atoms with E-state index in [2.05, 4.69) is 10.4 Å². The number of benzene rings is 2. The van der Waals surface area contributed by atoms with Gasteiger partial charge in [-0.2, -0.15) is 5.10 Å². The Kier molecular flexibility index (Phi) is 5.93. The van der Waals surface area contributed by atoms with Crippen LogP contribution in [-0.4, -0.2) is 33.0 Å². The molecule has 0 aliphatic carbocycles. The van der Waals surface area contributed by atoms with Crippen molar-refractivity contribution in [2.45, 2.75) is 33.0 Å². The second-order valence-corrected chi connectivity index (χ2v) is 7.90. The van der Waals surface area contributed by atoms with Crippen molar-refractivity contribution < 1.29 is 9.59 Å². The Bertz CT molecular complexity index is 995. The first-order valence-corrected chi connectivity index (χ1v) is 10.2. The number of nitrogens with zero attached hydrogens (tertiary/aromatic N) is 3. The number of likely N-dealkylation sites (tertiary alicyclic amines) is 1. The molecule has 6 heteroatoms. The van der Waals surface area contributed by atoms with Crippen LogP contribution in [-0.2, 0) is 29.2 Å². The standard InChI is InChI=1S/C24H26N4O2/c1-18-3-5-20(6-4-18)15-27-17-22(13-23(27)29)24(30)25-14-19-7-9-21(10-8-19)16-28-12-2-11-26-28/h2-12,22H,13-17H2,1H3,(H,25,30)/t22-/m1/s1. The molecule has 0 radical (unpaired) electrons. The van der Waals surface area contributed by atoms with E-state index in [4.69, 9.17) is 0 Å². The average molecular weight is 402 g/mol. The predicted octanol–water partition coefficient (Wildman–Crippen LogP) is 2.90. The molecule has 30 heavy (non-hydrogen) atoms. The van der Waals surface area contributed by atoms with E-state index >= 15 is 0 Å². The topological polar surface area (TPSA) is 67.2 Å². The SMILES string of the molecule is Cc1ccc(CN2C[C@H](C(=O)NCc3ccc(Cn4cccn4)cc3)CC2=O)cc1. The van der Waals surface area contributed by atoms with Crippen LogP contribution in [0.25, 0.3) is 0 Å². The minimum absolute atomic E-state index is 0.0405. The Morgan fingerprint density at radius 3 is 2.40 bits per heavy atom. The predicted molar refractivity (Wildman–Crippen MR) is 114 cm³/mol. The molecular weight excluding hydrogens is 376 g/mol. The number of rotatable bonds is 7. The van der Waals surface area contributed by atoms with Crippen LogP contribution in [0.15, 0.2) is 67.0 Å². The molecule has 1 atom stereocenters. The van der Waals surface area contributed by atoms with Gasteiger partial charge in [0.2, 0.25) is 11.8 Å². The maximum Gasteiger partial charge on any atom is 0.225 e. The van der Waals surface area contributed by atoms with Crippen molar-refractivity contribution >= 4 is 11.8 Å². The molecule has 1 aromatic heterocycles. The Morgan fingerprint density at radius 2 is 1.70 bits per heavy atom. The highest BCUT2D eigenvalue weighted by Gasteiger charge is 2.34. The number of hydrogen-bond donors (Lipinski definition) is 1. The third-order valence-corrected chi connectivity index (χ3v) is 5.47. The molecule has 3 aromatic rings. The fraction of sp³-hybridized carbons (Fsp3) is 0.292. The zero-order valence-electron chi connectivity index (χ0n) is 17.1. The van der Waals surface area contributed by atoms with Crippen molar-refractivity contribution in [3.05, 3.63) is 89.2 Å². The second-order valence-electron chi connectivity index (χ2n) is 7.90. The molecule has 0 bridgehead atoms. The summed E-state index contributed by atoms with van der Waals surface area (Å²) in [5.74, 6) is -0.309. The number of hydrogen-bond acceptors (Lipinski definition) is 3. The van der Waals surface area contributed by atoms with Crippen LogP contribution in [0, 0.1) is 12.8 Å². The average Bonchev–Trinajstić information content (AvgIpc) is 3.39. The second kappa shape index (κ2) is 8.95. The highest BCUT2D eigenvalue weighted by atomic mass is 16.2. The number of aryl methyl sites for hydroxylation is 1. The van der Waals surface area contributed by atoms with E-state index in [0.717, 1.165) is 23.2 Å². The molecule has 0 spiro atoms. The van der Waals surface area contributed by atoms with Gasteiger partial charge in [0.1, 0.15) is 0 Å². The van der Waals surface area contributed by atoms with Gasteiger partial charge in [0, 0.05) is 38.4 Å². The van der Waals surface area contributed by atoms with Crippen LogP contribution in [0.2, 0.25) is 0 Å². The lowest BCUT2D eigenvalue weighted by Gasteiger charge is -2.17. The lowest BCUT2D eigenvalue weighted by atomic mass is 10.1. The summed E-state index contributed by atoms with van der Waals surface area (Å²) in [5.41, 5.74) is 4.47. The summed E-state index contributed by atoms with van der Waals surface area (Å²) in [6.45, 7) is 4.25. The van der Waals surface area contributed by atoms with Gasteiger partial charge in [0.25, 0.3) is 0 Å². The van der Waals surface area contributed by atoms with Crippen molar-refractivity contribution in [2.24, 2.45) is 5.92 Å². The summed E-state index contributed by atoms with van der Waals surface area (Å²) in [6.07, 6.45) is 3.97. The van der Waals surface area contributed by atoms with Crippen molar-refractivity contribution in [3.8, 4) is 0 Å². The van der Waals surface area contributed by atoms with Gasteiger partial charge in [0.05, 0.1) is 12.5 Å². The van der Waals surface area contributed by atoms with E-state index in [1.54, 1.807) is 11.1 Å². The number of carbonyl (C=O) groups excluding carboxylic acids is 2. The maximum absolute atomic E-state index is 12.6. The van der Waals surface area contributed by atoms with E-state index < -0.39 is 0 Å². The van der Waals surface area contributed by atoms with Gasteiger partial charge in [-0.1, -0.05) is 54.1 Å². The van der Waals surface area contributed by atoms with Crippen molar-refractivity contribution in [2.75, 3.05) is 6.54 Å². The quantitative estimate of drug-likeness (QED) is 0.661. The smallest absolute Gasteiger partial charge is 0.225 e. The normalized spacial score (nSPS) is 16.1. The summed E-state index contributed by atoms with van der Waals surface area (Å²) >= 11 is 0. The van der Waals surface area contributed by atoms with Crippen molar-refractivity contribution in [1.82, 2.24) is 20.0 Å². The zero-order valence-corrected chi connectivity index (χ0v) is 17.1. The highest BCUT2D eigenvalue weighted by Crippen LogP contribution is 2.21. The van der Waals surface area contributed by atoms with E-state index in [9.17, 15) is 9.59 Å². The van der Waals surface area contributed by atoms with Crippen molar-refractivity contribution in [1.29, 1.82) is 0 Å². The van der Waals surface area contributed by atoms with Crippen LogP contribution < -0.4 is 5.32 Å². The summed E-state index contributed by atoms with van der Waals surface area (Å²) < 4.78 is 1.87. The summed E-state index contributed by atoms with van der Waals surface area (Å²) in [7, 11) is 0. The van der Waals surface area contributed by atoms with E-state index in [1.165, 1.54) is 5.56 Å². The number of aromatic nitrogens is 2. The summed E-state index contributed by atoms with van der Waals surface area (Å²) in [5, 5.41) is 7.19. The molecule has 1 saturated heterocycles. The Morgan fingerprint density at radius 1 is 1.03 bits per heavy atom. The lowest BCUT2D eigenvalue weighted by molar-refractivity contribution is -0.129. The summed E-state index contributed by atoms with van der Waals surface area (Å²) in [4.78, 5) is 26.7. The molecule has 6 nitrogen and oxygen atoms in total. The number of nitrogens with one attached hydrogen (secondary N) is 1. The van der Waals surface area contributed by atoms with Gasteiger partial charge in [-0.3, -0.25) is 14.3 Å². The number of carbonyl (C=O) groups is 2. The fourth-order valence-electron chi connectivity index (χ4n) is 3.69. The monoisotopic (exact) mass is 402 g/mol. The molecule has 0 saturated carbocycles. The molecule has 1 aliphatic heterocycles. The molecule has 4 rings (SSSR count). The molecule has 1 N–H and O–H groups in total. The zero-order chi connectivity index (χ0) is 20.9. The van der Waals surface area contributed by atoms with E-state index in [1.807, 2.05) is 72.4 Å². The maximum atomic E-state index is 12.6. The van der Waals surface area contributed by atoms with Gasteiger partial charge < -0.3 is 10.2 Å². The van der Waals surface area contributed by atoms with Crippen LogP contribution >= 0.6 is 0 Å². The molecule has 2 aromatic carbocycles. The van der Waals surface area contributed by atoms with Gasteiger partial charge in [-0.15, -0.1) is 0 Å². The minimum atomic E-state index is -0.290. The molecular formula is C24H26N4O2. The molecule has 1 fully saturated rings. The van der Waals surface area contributed by atoms with E-state index in [-0.39, 0.29) is 24.2 Å². The van der Waals surface area contributed by atoms with Gasteiger partial charge in [-0.05, 0) is 29.7 Å². The Labute approximate surface area is 176 Å². The Hall–Kier alpha value is -3.41. The van der Waals surface area contributed by atoms with Gasteiger partial charge in [-0.25, -0.2) is 0 Å². The van der Waals surface area contributed by atoms with Crippen molar-refractivity contribution in [3.63, 3.8) is 0 Å². The molecule has 0 unspecified atom stereocenters. The van der Waals surface area contributed by atoms with Crippen LogP contribution in [0.3, 0.4) is 0 Å². The van der Waals surface area contributed by atoms with E-state index in [0.29, 0.717) is 19.6 Å². The van der Waals surface area contributed by atoms with Gasteiger partial charge >= 0.3 is 0 Å². The lowest BCUT2D eigenvalue weighted by Crippen LogP contribution is -2.32. The Balaban J connectivity index is 1.26. The minimum Gasteiger partial charge on any atom is -0.352 e. The van der Waals surface area contributed by atoms with Crippen LogP contribution in [0.4, 0.5) is 0 Å². The van der Waals surface area contributed by atoms with Crippen LogP contribution in [0.5, 0.6) is 0 Å². The third kappa shape index (κ3) is 4.95. The first-order chi connectivity index (χ1) is 14.6. The first-order valence-electron chi connectivity index (χ1n) is 10.2. The molecule has 2 heterocycles. The van der Waals surface area contributed by atoms with Gasteiger partial charge in [0.15, 0.2) is 0 Å². The summed E-state index contributed by atoms with van der Waals surface area (Å²) in [6, 6.07) is 18.2. The van der Waals surface area contributed by atoms with Crippen LogP contribution in [0.1, 0.15) is 28.7 Å². The third-order valence-electron chi connectivity index (χ3n) is 5.47.